The van der Waals surface area contributed by atoms with Crippen LogP contribution in [0.3, 0.4) is 0 Å². The van der Waals surface area contributed by atoms with Gasteiger partial charge in [-0.2, -0.15) is 0 Å². The summed E-state index contributed by atoms with van der Waals surface area (Å²) in [4.78, 5) is 4.61. The minimum Gasteiger partial charge on any atom is -0.372 e. The summed E-state index contributed by atoms with van der Waals surface area (Å²) in [7, 11) is 0. The van der Waals surface area contributed by atoms with E-state index in [9.17, 15) is 0 Å². The van der Waals surface area contributed by atoms with Crippen LogP contribution in [0, 0.1) is 0 Å². The van der Waals surface area contributed by atoms with E-state index in [1.165, 1.54) is 5.56 Å². The van der Waals surface area contributed by atoms with E-state index < -0.39 is 0 Å². The lowest BCUT2D eigenvalue weighted by Crippen LogP contribution is -2.12. The number of H-pyrrole nitrogens is 1. The van der Waals surface area contributed by atoms with Crippen molar-refractivity contribution in [2.45, 2.75) is 52.9 Å². The second kappa shape index (κ2) is 10.1. The molecule has 8 heteroatoms. The van der Waals surface area contributed by atoms with Gasteiger partial charge in [0.15, 0.2) is 11.0 Å². The maximum Gasteiger partial charge on any atom is 0.180 e. The molecule has 0 saturated carbocycles. The molecule has 2 aromatic carbocycles. The number of hydrogen-bond acceptors (Lipinski definition) is 5. The minimum atomic E-state index is 0.128. The van der Waals surface area contributed by atoms with Gasteiger partial charge >= 0.3 is 0 Å². The predicted molar refractivity (Wildman–Crippen MR) is 125 cm³/mol. The van der Waals surface area contributed by atoms with Gasteiger partial charge in [-0.3, -0.25) is 0 Å². The Kier molecular flexibility index (Phi) is 6.97. The fourth-order valence-corrected chi connectivity index (χ4v) is 3.93. The Morgan fingerprint density at radius 3 is 2.47 bits per heavy atom. The van der Waals surface area contributed by atoms with Gasteiger partial charge in [0.1, 0.15) is 5.82 Å². The molecule has 4 aromatic rings. The van der Waals surface area contributed by atoms with Crippen molar-refractivity contribution < 1.29 is 4.74 Å². The number of aromatic amines is 1. The van der Waals surface area contributed by atoms with E-state index in [1.54, 1.807) is 0 Å². The predicted octanol–water partition coefficient (Wildman–Crippen LogP) is 5.31. The highest BCUT2D eigenvalue weighted by Gasteiger charge is 2.17. The van der Waals surface area contributed by atoms with Crippen LogP contribution in [0.15, 0.2) is 48.5 Å². The second-order valence-electron chi connectivity index (χ2n) is 7.95. The summed E-state index contributed by atoms with van der Waals surface area (Å²) in [5, 5.41) is 14.8. The van der Waals surface area contributed by atoms with Crippen LogP contribution >= 0.6 is 11.6 Å². The molecule has 2 aromatic heterocycles. The number of hydrogen-bond donors (Lipinski definition) is 1. The zero-order valence-electron chi connectivity index (χ0n) is 18.5. The van der Waals surface area contributed by atoms with E-state index in [1.807, 2.05) is 32.0 Å². The highest BCUT2D eigenvalue weighted by molar-refractivity contribution is 6.30. The highest BCUT2D eigenvalue weighted by atomic mass is 35.5. The normalized spacial score (nSPS) is 11.4. The number of rotatable bonds is 9. The van der Waals surface area contributed by atoms with Crippen molar-refractivity contribution in [3.05, 3.63) is 70.8 Å². The van der Waals surface area contributed by atoms with Crippen molar-refractivity contribution in [1.29, 1.82) is 0 Å². The summed E-state index contributed by atoms with van der Waals surface area (Å²) in [6.07, 6.45) is 2.00. The van der Waals surface area contributed by atoms with Crippen molar-refractivity contribution >= 4 is 11.6 Å². The number of aryl methyl sites for hydroxylation is 1. The Balaban J connectivity index is 1.62. The van der Waals surface area contributed by atoms with Crippen molar-refractivity contribution in [3.63, 3.8) is 0 Å². The number of aromatic nitrogens is 6. The van der Waals surface area contributed by atoms with Crippen LogP contribution in [0.1, 0.15) is 44.3 Å². The van der Waals surface area contributed by atoms with Gasteiger partial charge in [0, 0.05) is 18.5 Å². The van der Waals surface area contributed by atoms with Gasteiger partial charge in [0.05, 0.1) is 18.4 Å². The lowest BCUT2D eigenvalue weighted by Gasteiger charge is -2.14. The van der Waals surface area contributed by atoms with Crippen LogP contribution in [-0.4, -0.2) is 36.3 Å². The molecule has 0 aliphatic carbocycles. The maximum atomic E-state index is 6.48. The summed E-state index contributed by atoms with van der Waals surface area (Å²) < 4.78 is 8.03. The molecule has 0 aliphatic heterocycles. The van der Waals surface area contributed by atoms with Crippen LogP contribution in [0.4, 0.5) is 0 Å². The third-order valence-electron chi connectivity index (χ3n) is 5.26. The van der Waals surface area contributed by atoms with Gasteiger partial charge in [-0.05, 0) is 47.4 Å². The second-order valence-corrected chi connectivity index (χ2v) is 8.31. The number of nitrogens with one attached hydrogen (secondary N) is 1. The van der Waals surface area contributed by atoms with Crippen molar-refractivity contribution in [2.75, 3.05) is 0 Å². The molecule has 166 valence electrons. The molecule has 0 amide bonds. The first kappa shape index (κ1) is 22.2. The van der Waals surface area contributed by atoms with Crippen LogP contribution in [0.5, 0.6) is 0 Å². The molecule has 0 atom stereocenters. The summed E-state index contributed by atoms with van der Waals surface area (Å²) in [5.74, 6) is 1.64. The molecule has 2 heterocycles. The maximum absolute atomic E-state index is 6.48. The van der Waals surface area contributed by atoms with Crippen LogP contribution in [0.2, 0.25) is 5.15 Å². The molecule has 0 unspecified atom stereocenters. The van der Waals surface area contributed by atoms with E-state index in [0.717, 1.165) is 41.1 Å². The van der Waals surface area contributed by atoms with Crippen LogP contribution in [-0.2, 0) is 24.3 Å². The molecule has 0 radical (unpaired) electrons. The number of halogens is 1. The summed E-state index contributed by atoms with van der Waals surface area (Å²) in [6, 6.07) is 16.6. The number of nitrogens with zero attached hydrogens (tertiary/aromatic N) is 5. The Bertz CT molecular complexity index is 1150. The third-order valence-corrected chi connectivity index (χ3v) is 5.57. The van der Waals surface area contributed by atoms with Gasteiger partial charge < -0.3 is 9.30 Å². The van der Waals surface area contributed by atoms with E-state index in [2.05, 4.69) is 67.4 Å². The van der Waals surface area contributed by atoms with E-state index in [0.29, 0.717) is 24.1 Å². The van der Waals surface area contributed by atoms with Crippen molar-refractivity contribution in [2.24, 2.45) is 0 Å². The molecular weight excluding hydrogens is 424 g/mol. The number of ether oxygens (including phenoxy) is 1. The topological polar surface area (TPSA) is 81.5 Å². The average Bonchev–Trinajstić information content (AvgIpc) is 3.42. The van der Waals surface area contributed by atoms with Gasteiger partial charge in [-0.15, -0.1) is 5.10 Å². The Labute approximate surface area is 192 Å². The summed E-state index contributed by atoms with van der Waals surface area (Å²) in [5.41, 5.74) is 5.23. The zero-order valence-corrected chi connectivity index (χ0v) is 19.3. The number of imidazole rings is 1. The fraction of sp³-hybridized carbons (Fsp3) is 0.333. The average molecular weight is 451 g/mol. The van der Waals surface area contributed by atoms with Crippen LogP contribution in [0.25, 0.3) is 22.5 Å². The lowest BCUT2D eigenvalue weighted by atomic mass is 9.98. The molecule has 7 nitrogen and oxygen atoms in total. The van der Waals surface area contributed by atoms with Crippen LogP contribution < -0.4 is 0 Å². The zero-order chi connectivity index (χ0) is 22.5. The Morgan fingerprint density at radius 1 is 1.06 bits per heavy atom. The molecule has 32 heavy (non-hydrogen) atoms. The molecule has 0 aliphatic rings. The monoisotopic (exact) mass is 450 g/mol. The first-order chi connectivity index (χ1) is 15.6. The molecule has 0 bridgehead atoms. The molecule has 0 saturated heterocycles. The van der Waals surface area contributed by atoms with Gasteiger partial charge in [-0.25, -0.2) is 10.1 Å². The van der Waals surface area contributed by atoms with E-state index in [-0.39, 0.29) is 6.10 Å². The molecular formula is C24H27ClN6O. The number of benzene rings is 2. The highest BCUT2D eigenvalue weighted by Crippen LogP contribution is 2.30. The quantitative estimate of drug-likeness (QED) is 0.373. The molecule has 0 spiro atoms. The third kappa shape index (κ3) is 4.89. The Hall–Kier alpha value is -3.03. The largest absolute Gasteiger partial charge is 0.372 e. The van der Waals surface area contributed by atoms with Crippen molar-refractivity contribution in [1.82, 2.24) is 30.2 Å². The summed E-state index contributed by atoms with van der Waals surface area (Å²) >= 11 is 6.48. The van der Waals surface area contributed by atoms with Crippen molar-refractivity contribution in [3.8, 4) is 22.5 Å². The Morgan fingerprint density at radius 2 is 1.81 bits per heavy atom. The van der Waals surface area contributed by atoms with E-state index in [4.69, 9.17) is 16.3 Å². The first-order valence-corrected chi connectivity index (χ1v) is 11.2. The lowest BCUT2D eigenvalue weighted by molar-refractivity contribution is 0.0618. The molecule has 4 rings (SSSR count). The number of tetrazole rings is 1. The van der Waals surface area contributed by atoms with Gasteiger partial charge in [-0.1, -0.05) is 67.1 Å². The summed E-state index contributed by atoms with van der Waals surface area (Å²) in [6.45, 7) is 7.33. The SMILES string of the molecule is CCCc1nc(Cl)c(COC(C)C)n1Cc1ccc(-c2ccccc2-c2nnn[nH]2)cc1. The van der Waals surface area contributed by atoms with Gasteiger partial charge in [0.25, 0.3) is 0 Å². The first-order valence-electron chi connectivity index (χ1n) is 10.8. The van der Waals surface area contributed by atoms with Gasteiger partial charge in [0.2, 0.25) is 0 Å². The van der Waals surface area contributed by atoms with E-state index >= 15 is 0 Å². The minimum absolute atomic E-state index is 0.128. The fourth-order valence-electron chi connectivity index (χ4n) is 3.68. The smallest absolute Gasteiger partial charge is 0.180 e. The molecule has 1 N–H and O–H groups in total. The standard InChI is InChI=1S/C24H27ClN6O/c1-4-7-22-26-23(25)21(15-32-16(2)3)31(22)14-17-10-12-18(13-11-17)19-8-5-6-9-20(19)24-27-29-30-28-24/h5-6,8-13,16H,4,7,14-15H2,1-3H3,(H,27,28,29,30). The molecule has 0 fully saturated rings.